The van der Waals surface area contributed by atoms with Gasteiger partial charge < -0.3 is 15.4 Å². The molecule has 0 spiro atoms. The Bertz CT molecular complexity index is 353. The van der Waals surface area contributed by atoms with Gasteiger partial charge in [-0.05, 0) is 18.8 Å². The number of carbonyl (C=O) groups is 1. The van der Waals surface area contributed by atoms with E-state index < -0.39 is 6.04 Å². The summed E-state index contributed by atoms with van der Waals surface area (Å²) in [6, 6.07) is -0.532. The number of piperidine rings is 1. The summed E-state index contributed by atoms with van der Waals surface area (Å²) >= 11 is 0. The number of terminal acetylenes is 1. The molecular weight excluding hydrogens is 254 g/mol. The minimum atomic E-state index is -0.532. The number of nitrogens with zero attached hydrogens (tertiary/aromatic N) is 2. The highest BCUT2D eigenvalue weighted by Gasteiger charge is 2.27. The fourth-order valence-electron chi connectivity index (χ4n) is 2.93. The molecule has 5 nitrogen and oxygen atoms in total. The van der Waals surface area contributed by atoms with E-state index in [1.54, 1.807) is 0 Å². The number of ether oxygens (including phenoxy) is 1. The number of hydrogen-bond donors (Lipinski definition) is 1. The largest absolute Gasteiger partial charge is 0.379 e. The molecule has 1 amide bonds. The molecule has 0 aromatic heterocycles. The van der Waals surface area contributed by atoms with Crippen molar-refractivity contribution >= 4 is 5.91 Å². The number of likely N-dealkylation sites (tertiary alicyclic amines) is 1. The minimum Gasteiger partial charge on any atom is -0.379 e. The van der Waals surface area contributed by atoms with Crippen LogP contribution in [0.25, 0.3) is 0 Å². The molecule has 2 fully saturated rings. The van der Waals surface area contributed by atoms with Crippen molar-refractivity contribution in [3.8, 4) is 12.3 Å². The first-order valence-electron chi connectivity index (χ1n) is 7.48. The van der Waals surface area contributed by atoms with Crippen LogP contribution in [0, 0.1) is 18.3 Å². The predicted octanol–water partition coefficient (Wildman–Crippen LogP) is -0.0922. The van der Waals surface area contributed by atoms with Gasteiger partial charge in [0.25, 0.3) is 0 Å². The third-order valence-corrected chi connectivity index (χ3v) is 4.20. The van der Waals surface area contributed by atoms with Crippen molar-refractivity contribution in [2.75, 3.05) is 45.9 Å². The van der Waals surface area contributed by atoms with Crippen molar-refractivity contribution in [1.82, 2.24) is 9.80 Å². The smallest absolute Gasteiger partial charge is 0.240 e. The number of nitrogens with two attached hydrogens (primary N) is 1. The van der Waals surface area contributed by atoms with Gasteiger partial charge in [0.2, 0.25) is 5.91 Å². The van der Waals surface area contributed by atoms with Gasteiger partial charge in [-0.25, -0.2) is 0 Å². The maximum atomic E-state index is 12.1. The van der Waals surface area contributed by atoms with E-state index in [2.05, 4.69) is 10.8 Å². The zero-order valence-electron chi connectivity index (χ0n) is 12.1. The Morgan fingerprint density at radius 2 is 1.95 bits per heavy atom. The quantitative estimate of drug-likeness (QED) is 0.731. The summed E-state index contributed by atoms with van der Waals surface area (Å²) in [5, 5.41) is 0. The second kappa shape index (κ2) is 7.63. The molecule has 2 aliphatic heterocycles. The first-order chi connectivity index (χ1) is 9.70. The lowest BCUT2D eigenvalue weighted by atomic mass is 9.95. The average molecular weight is 279 g/mol. The van der Waals surface area contributed by atoms with Gasteiger partial charge in [-0.2, -0.15) is 0 Å². The van der Waals surface area contributed by atoms with E-state index in [-0.39, 0.29) is 5.91 Å². The Labute approximate surface area is 121 Å². The lowest BCUT2D eigenvalue weighted by molar-refractivity contribution is -0.134. The lowest BCUT2D eigenvalue weighted by Gasteiger charge is -2.36. The van der Waals surface area contributed by atoms with Crippen molar-refractivity contribution in [2.45, 2.75) is 25.3 Å². The number of hydrogen-bond acceptors (Lipinski definition) is 4. The van der Waals surface area contributed by atoms with Gasteiger partial charge in [-0.1, -0.05) is 0 Å². The van der Waals surface area contributed by atoms with Crippen LogP contribution in [0.5, 0.6) is 0 Å². The molecule has 2 rings (SSSR count). The Kier molecular flexibility index (Phi) is 5.84. The van der Waals surface area contributed by atoms with Gasteiger partial charge in [-0.15, -0.1) is 12.3 Å². The lowest BCUT2D eigenvalue weighted by Crippen LogP contribution is -2.48. The van der Waals surface area contributed by atoms with Gasteiger partial charge >= 0.3 is 0 Å². The molecule has 1 atom stereocenters. The number of morpholine rings is 1. The second-order valence-corrected chi connectivity index (χ2v) is 5.70. The molecule has 20 heavy (non-hydrogen) atoms. The maximum Gasteiger partial charge on any atom is 0.240 e. The molecule has 2 N–H and O–H groups in total. The van der Waals surface area contributed by atoms with Crippen molar-refractivity contribution in [2.24, 2.45) is 11.7 Å². The van der Waals surface area contributed by atoms with E-state index in [4.69, 9.17) is 16.9 Å². The molecule has 2 heterocycles. The zero-order valence-corrected chi connectivity index (χ0v) is 12.1. The van der Waals surface area contributed by atoms with Gasteiger partial charge in [0, 0.05) is 39.1 Å². The summed E-state index contributed by atoms with van der Waals surface area (Å²) in [7, 11) is 0. The summed E-state index contributed by atoms with van der Waals surface area (Å²) in [6.07, 6.45) is 7.66. The molecule has 0 bridgehead atoms. The predicted molar refractivity (Wildman–Crippen MR) is 78.0 cm³/mol. The highest BCUT2D eigenvalue weighted by Crippen LogP contribution is 2.19. The molecule has 0 aromatic rings. The Hall–Kier alpha value is -1.09. The highest BCUT2D eigenvalue weighted by atomic mass is 16.5. The van der Waals surface area contributed by atoms with Crippen molar-refractivity contribution in [3.63, 3.8) is 0 Å². The maximum absolute atomic E-state index is 12.1. The molecule has 5 heteroatoms. The van der Waals surface area contributed by atoms with Crippen LogP contribution < -0.4 is 5.73 Å². The van der Waals surface area contributed by atoms with Crippen LogP contribution in [0.2, 0.25) is 0 Å². The molecular formula is C15H25N3O2. The third kappa shape index (κ3) is 4.20. The molecule has 112 valence electrons. The van der Waals surface area contributed by atoms with Crippen LogP contribution in [-0.2, 0) is 9.53 Å². The van der Waals surface area contributed by atoms with E-state index in [0.29, 0.717) is 12.3 Å². The van der Waals surface area contributed by atoms with E-state index in [9.17, 15) is 4.79 Å². The van der Waals surface area contributed by atoms with Crippen LogP contribution in [0.15, 0.2) is 0 Å². The van der Waals surface area contributed by atoms with Crippen molar-refractivity contribution < 1.29 is 9.53 Å². The summed E-state index contributed by atoms with van der Waals surface area (Å²) in [6.45, 7) is 6.51. The number of amides is 1. The first-order valence-corrected chi connectivity index (χ1v) is 7.48. The Morgan fingerprint density at radius 1 is 1.30 bits per heavy atom. The summed E-state index contributed by atoms with van der Waals surface area (Å²) in [4.78, 5) is 16.4. The standard InChI is InChI=1S/C15H25N3O2/c1-2-3-14(16)15(19)18-6-4-13(5-7-18)12-17-8-10-20-11-9-17/h1,13-14H,3-12,16H2. The number of rotatable bonds is 4. The first kappa shape index (κ1) is 15.3. The van der Waals surface area contributed by atoms with Crippen LogP contribution in [-0.4, -0.2) is 67.7 Å². The topological polar surface area (TPSA) is 58.8 Å². The zero-order chi connectivity index (χ0) is 14.4. The molecule has 0 aliphatic carbocycles. The van der Waals surface area contributed by atoms with E-state index in [1.165, 1.54) is 0 Å². The van der Waals surface area contributed by atoms with E-state index in [1.807, 2.05) is 4.90 Å². The SMILES string of the molecule is C#CCC(N)C(=O)N1CCC(CN2CCOCC2)CC1. The van der Waals surface area contributed by atoms with Gasteiger partial charge in [-0.3, -0.25) is 9.69 Å². The van der Waals surface area contributed by atoms with Crippen LogP contribution >= 0.6 is 0 Å². The van der Waals surface area contributed by atoms with E-state index >= 15 is 0 Å². The van der Waals surface area contributed by atoms with Crippen molar-refractivity contribution in [3.05, 3.63) is 0 Å². The fourth-order valence-corrected chi connectivity index (χ4v) is 2.93. The normalized spacial score (nSPS) is 23.3. The van der Waals surface area contributed by atoms with E-state index in [0.717, 1.165) is 58.8 Å². The summed E-state index contributed by atoms with van der Waals surface area (Å²) in [5.74, 6) is 3.15. The summed E-state index contributed by atoms with van der Waals surface area (Å²) in [5.41, 5.74) is 5.79. The molecule has 1 unspecified atom stereocenters. The molecule has 2 aliphatic rings. The monoisotopic (exact) mass is 279 g/mol. The minimum absolute atomic E-state index is 0.00720. The van der Waals surface area contributed by atoms with Gasteiger partial charge in [0.1, 0.15) is 0 Å². The average Bonchev–Trinajstić information content (AvgIpc) is 2.48. The van der Waals surface area contributed by atoms with Gasteiger partial charge in [0.05, 0.1) is 19.3 Å². The molecule has 0 saturated carbocycles. The fraction of sp³-hybridized carbons (Fsp3) is 0.800. The highest BCUT2D eigenvalue weighted by molar-refractivity contribution is 5.82. The Morgan fingerprint density at radius 3 is 2.55 bits per heavy atom. The van der Waals surface area contributed by atoms with Crippen LogP contribution in [0.1, 0.15) is 19.3 Å². The Balaban J connectivity index is 1.71. The molecule has 2 saturated heterocycles. The number of carbonyl (C=O) groups excluding carboxylic acids is 1. The van der Waals surface area contributed by atoms with Gasteiger partial charge in [0.15, 0.2) is 0 Å². The summed E-state index contributed by atoms with van der Waals surface area (Å²) < 4.78 is 5.36. The molecule has 0 aromatic carbocycles. The van der Waals surface area contributed by atoms with Crippen molar-refractivity contribution in [1.29, 1.82) is 0 Å². The van der Waals surface area contributed by atoms with Crippen LogP contribution in [0.3, 0.4) is 0 Å². The second-order valence-electron chi connectivity index (χ2n) is 5.70. The molecule has 0 radical (unpaired) electrons. The van der Waals surface area contributed by atoms with Crippen LogP contribution in [0.4, 0.5) is 0 Å². The third-order valence-electron chi connectivity index (χ3n) is 4.20.